The molecule has 8 heteroatoms. The summed E-state index contributed by atoms with van der Waals surface area (Å²) in [7, 11) is 0. The van der Waals surface area contributed by atoms with E-state index in [1.807, 2.05) is 0 Å². The predicted octanol–water partition coefficient (Wildman–Crippen LogP) is 2.33. The predicted molar refractivity (Wildman–Crippen MR) is 94.6 cm³/mol. The summed E-state index contributed by atoms with van der Waals surface area (Å²) in [5, 5.41) is 0. The van der Waals surface area contributed by atoms with Gasteiger partial charge in [-0.1, -0.05) is 0 Å². The first-order chi connectivity index (χ1) is 12.1. The van der Waals surface area contributed by atoms with Crippen molar-refractivity contribution in [2.75, 3.05) is 22.6 Å². The summed E-state index contributed by atoms with van der Waals surface area (Å²) in [4.78, 5) is 22.6. The maximum absolute atomic E-state index is 12.9. The lowest BCUT2D eigenvalue weighted by atomic mass is 10.0. The van der Waals surface area contributed by atoms with Crippen molar-refractivity contribution in [2.45, 2.75) is 32.2 Å². The van der Waals surface area contributed by atoms with E-state index in [4.69, 9.17) is 5.73 Å². The molecule has 1 amide bonds. The first kappa shape index (κ1) is 16.9. The van der Waals surface area contributed by atoms with Crippen LogP contribution in [0.2, 0.25) is 0 Å². The fourth-order valence-corrected chi connectivity index (χ4v) is 2.92. The van der Waals surface area contributed by atoms with Gasteiger partial charge in [-0.3, -0.25) is 15.6 Å². The molecular weight excluding hydrogens is 323 g/mol. The van der Waals surface area contributed by atoms with Crippen LogP contribution in [0.3, 0.4) is 0 Å². The molecule has 4 N–H and O–H groups in total. The lowest BCUT2D eigenvalue weighted by Crippen LogP contribution is -2.39. The molecule has 2 aromatic rings. The number of halogens is 1. The van der Waals surface area contributed by atoms with Crippen LogP contribution in [0.4, 0.5) is 21.7 Å². The maximum atomic E-state index is 12.9. The number of hydrazine groups is 1. The summed E-state index contributed by atoms with van der Waals surface area (Å²) in [5.41, 5.74) is 12.1. The first-order valence-corrected chi connectivity index (χ1v) is 8.25. The Morgan fingerprint density at radius 2 is 2.04 bits per heavy atom. The third-order valence-corrected chi connectivity index (χ3v) is 4.34. The molecule has 0 aliphatic carbocycles. The number of nitrogens with one attached hydrogen (secondary N) is 2. The summed E-state index contributed by atoms with van der Waals surface area (Å²) in [5.74, 6) is 0.190. The van der Waals surface area contributed by atoms with Crippen molar-refractivity contribution in [3.63, 3.8) is 0 Å². The number of hydrogen-bond donors (Lipinski definition) is 3. The van der Waals surface area contributed by atoms with Crippen LogP contribution in [0.1, 0.15) is 36.5 Å². The van der Waals surface area contributed by atoms with Gasteiger partial charge in [0.2, 0.25) is 0 Å². The molecular formula is C17H21FN6O. The van der Waals surface area contributed by atoms with Gasteiger partial charge in [0, 0.05) is 18.2 Å². The number of amides is 1. The van der Waals surface area contributed by atoms with Gasteiger partial charge in [-0.25, -0.2) is 14.4 Å². The number of piperidine rings is 1. The molecule has 1 aliphatic heterocycles. The summed E-state index contributed by atoms with van der Waals surface area (Å²) in [6.45, 7) is 3.04. The standard InChI is InChI=1S/C17H21FN6O/c1-11-4-2-3-9-24(11)16-14(19)15(20-10-21-16)22-23-17(25)12-5-7-13(18)8-6-12/h5-8,10-11H,2-4,9,19H2,1H3,(H,23,25)(H,20,21,22). The van der Waals surface area contributed by atoms with E-state index in [1.54, 1.807) is 0 Å². The Hall–Kier alpha value is -2.90. The largest absolute Gasteiger partial charge is 0.393 e. The van der Waals surface area contributed by atoms with E-state index in [0.29, 0.717) is 28.9 Å². The second-order valence-electron chi connectivity index (χ2n) is 6.08. The van der Waals surface area contributed by atoms with Crippen molar-refractivity contribution in [1.82, 2.24) is 15.4 Å². The number of nitrogens with two attached hydrogens (primary N) is 1. The maximum Gasteiger partial charge on any atom is 0.269 e. The quantitative estimate of drug-likeness (QED) is 0.737. The van der Waals surface area contributed by atoms with E-state index in [0.717, 1.165) is 19.4 Å². The third-order valence-electron chi connectivity index (χ3n) is 4.34. The number of carbonyl (C=O) groups is 1. The topological polar surface area (TPSA) is 96.2 Å². The molecule has 2 heterocycles. The highest BCUT2D eigenvalue weighted by atomic mass is 19.1. The molecule has 1 aromatic carbocycles. The molecule has 1 aliphatic rings. The Kier molecular flexibility index (Phi) is 4.97. The normalized spacial score (nSPS) is 17.2. The smallest absolute Gasteiger partial charge is 0.269 e. The van der Waals surface area contributed by atoms with Crippen molar-refractivity contribution in [2.24, 2.45) is 0 Å². The summed E-state index contributed by atoms with van der Waals surface area (Å²) in [6, 6.07) is 5.60. The SMILES string of the molecule is CC1CCCCN1c1ncnc(NNC(=O)c2ccc(F)cc2)c1N. The Morgan fingerprint density at radius 3 is 2.76 bits per heavy atom. The highest BCUT2D eigenvalue weighted by Crippen LogP contribution is 2.30. The van der Waals surface area contributed by atoms with Crippen LogP contribution >= 0.6 is 0 Å². The Labute approximate surface area is 145 Å². The van der Waals surface area contributed by atoms with Gasteiger partial charge in [0.15, 0.2) is 11.6 Å². The molecule has 3 rings (SSSR count). The summed E-state index contributed by atoms with van der Waals surface area (Å²) in [6.07, 6.45) is 4.80. The molecule has 1 fully saturated rings. The fraction of sp³-hybridized carbons (Fsp3) is 0.353. The molecule has 132 valence electrons. The number of carbonyl (C=O) groups excluding carboxylic acids is 1. The minimum atomic E-state index is -0.411. The van der Waals surface area contributed by atoms with Crippen molar-refractivity contribution in [3.05, 3.63) is 42.0 Å². The van der Waals surface area contributed by atoms with Gasteiger partial charge in [-0.05, 0) is 50.5 Å². The van der Waals surface area contributed by atoms with Crippen LogP contribution < -0.4 is 21.5 Å². The Balaban J connectivity index is 1.71. The Morgan fingerprint density at radius 1 is 1.28 bits per heavy atom. The fourth-order valence-electron chi connectivity index (χ4n) is 2.92. The number of nitrogen functional groups attached to an aromatic ring is 1. The first-order valence-electron chi connectivity index (χ1n) is 8.25. The third kappa shape index (κ3) is 3.78. The van der Waals surface area contributed by atoms with Crippen LogP contribution in [0, 0.1) is 5.82 Å². The van der Waals surface area contributed by atoms with Gasteiger partial charge in [-0.2, -0.15) is 0 Å². The van der Waals surface area contributed by atoms with Gasteiger partial charge in [0.25, 0.3) is 5.91 Å². The summed E-state index contributed by atoms with van der Waals surface area (Å²) >= 11 is 0. The van der Waals surface area contributed by atoms with Gasteiger partial charge in [0.05, 0.1) is 0 Å². The van der Waals surface area contributed by atoms with E-state index in [1.165, 1.54) is 37.0 Å². The zero-order valence-corrected chi connectivity index (χ0v) is 14.0. The van der Waals surface area contributed by atoms with Gasteiger partial charge < -0.3 is 10.6 Å². The average Bonchev–Trinajstić information content (AvgIpc) is 2.62. The second kappa shape index (κ2) is 7.33. The molecule has 0 spiro atoms. The summed E-state index contributed by atoms with van der Waals surface area (Å²) < 4.78 is 12.9. The van der Waals surface area contributed by atoms with E-state index < -0.39 is 11.7 Å². The lowest BCUT2D eigenvalue weighted by molar-refractivity contribution is 0.0962. The number of benzene rings is 1. The number of rotatable bonds is 4. The van der Waals surface area contributed by atoms with E-state index in [-0.39, 0.29) is 0 Å². The molecule has 0 radical (unpaired) electrons. The van der Waals surface area contributed by atoms with Crippen molar-refractivity contribution in [3.8, 4) is 0 Å². The molecule has 0 saturated carbocycles. The Bertz CT molecular complexity index is 751. The zero-order valence-electron chi connectivity index (χ0n) is 14.0. The highest BCUT2D eigenvalue weighted by Gasteiger charge is 2.23. The monoisotopic (exact) mass is 344 g/mol. The molecule has 1 unspecified atom stereocenters. The molecule has 7 nitrogen and oxygen atoms in total. The number of anilines is 3. The van der Waals surface area contributed by atoms with Crippen LogP contribution in [-0.2, 0) is 0 Å². The van der Waals surface area contributed by atoms with Crippen molar-refractivity contribution < 1.29 is 9.18 Å². The van der Waals surface area contributed by atoms with Crippen molar-refractivity contribution >= 4 is 23.2 Å². The van der Waals surface area contributed by atoms with E-state index >= 15 is 0 Å². The van der Waals surface area contributed by atoms with E-state index in [2.05, 4.69) is 32.6 Å². The van der Waals surface area contributed by atoms with Crippen LogP contribution in [-0.4, -0.2) is 28.5 Å². The minimum Gasteiger partial charge on any atom is -0.393 e. The zero-order chi connectivity index (χ0) is 17.8. The number of aromatic nitrogens is 2. The van der Waals surface area contributed by atoms with Crippen LogP contribution in [0.5, 0.6) is 0 Å². The second-order valence-corrected chi connectivity index (χ2v) is 6.08. The van der Waals surface area contributed by atoms with Gasteiger partial charge >= 0.3 is 0 Å². The number of nitrogens with zero attached hydrogens (tertiary/aromatic N) is 3. The van der Waals surface area contributed by atoms with Crippen molar-refractivity contribution in [1.29, 1.82) is 0 Å². The van der Waals surface area contributed by atoms with Gasteiger partial charge in [0.1, 0.15) is 17.8 Å². The number of hydrogen-bond acceptors (Lipinski definition) is 6. The molecule has 0 bridgehead atoms. The minimum absolute atomic E-state index is 0.325. The molecule has 1 aromatic heterocycles. The molecule has 1 atom stereocenters. The van der Waals surface area contributed by atoms with Gasteiger partial charge in [-0.15, -0.1) is 0 Å². The van der Waals surface area contributed by atoms with Crippen LogP contribution in [0.15, 0.2) is 30.6 Å². The molecule has 1 saturated heterocycles. The lowest BCUT2D eigenvalue weighted by Gasteiger charge is -2.35. The average molecular weight is 344 g/mol. The molecule has 25 heavy (non-hydrogen) atoms. The highest BCUT2D eigenvalue weighted by molar-refractivity contribution is 5.95. The van der Waals surface area contributed by atoms with Crippen LogP contribution in [0.25, 0.3) is 0 Å². The van der Waals surface area contributed by atoms with E-state index in [9.17, 15) is 9.18 Å².